The molecule has 0 atom stereocenters. The van der Waals surface area contributed by atoms with Gasteiger partial charge in [-0.05, 0) is 0 Å². The van der Waals surface area contributed by atoms with E-state index in [-0.39, 0.29) is 24.0 Å². The van der Waals surface area contributed by atoms with E-state index >= 15 is 0 Å². The van der Waals surface area contributed by atoms with Crippen molar-refractivity contribution < 1.29 is 33.3 Å². The third kappa shape index (κ3) is 10.9. The maximum Gasteiger partial charge on any atom is 0.235 e. The first kappa shape index (κ1) is 12.7. The smallest absolute Gasteiger partial charge is 0.235 e. The Balaban J connectivity index is 0. The highest BCUT2D eigenvalue weighted by atomic mass is 127. The summed E-state index contributed by atoms with van der Waals surface area (Å²) < 4.78 is 0.838. The van der Waals surface area contributed by atoms with Gasteiger partial charge in [0.15, 0.2) is 0 Å². The Morgan fingerprint density at radius 3 is 2.20 bits per heavy atom. The molecule has 4 heteroatoms. The minimum Gasteiger partial charge on any atom is -1.00 e. The number of nitrogens with zero attached hydrogens (tertiary/aromatic N) is 2. The normalized spacial score (nSPS) is 9.50. The van der Waals surface area contributed by atoms with Crippen molar-refractivity contribution in [1.82, 2.24) is 0 Å². The second kappa shape index (κ2) is 5.82. The highest BCUT2D eigenvalue weighted by molar-refractivity contribution is 5.32. The van der Waals surface area contributed by atoms with Crippen LogP contribution < -0.4 is 24.0 Å². The number of carbonyl (C=O) groups excluding carboxylic acids is 1. The molecule has 0 aliphatic carbocycles. The van der Waals surface area contributed by atoms with Gasteiger partial charge in [0.05, 0.1) is 27.7 Å². The zero-order chi connectivity index (χ0) is 7.33. The minimum atomic E-state index is 0. The van der Waals surface area contributed by atoms with Crippen LogP contribution in [0.15, 0.2) is 4.99 Å². The van der Waals surface area contributed by atoms with Crippen molar-refractivity contribution in [2.45, 2.75) is 0 Å². The average molecular weight is 256 g/mol. The van der Waals surface area contributed by atoms with Gasteiger partial charge in [0.1, 0.15) is 6.54 Å². The second-order valence-corrected chi connectivity index (χ2v) is 2.99. The number of halogens is 1. The van der Waals surface area contributed by atoms with Crippen LogP contribution in [0.2, 0.25) is 0 Å². The van der Waals surface area contributed by atoms with E-state index in [2.05, 4.69) is 26.1 Å². The molecule has 0 rings (SSSR count). The Kier molecular flexibility index (Phi) is 7.41. The van der Waals surface area contributed by atoms with E-state index in [4.69, 9.17) is 0 Å². The number of hydrogen-bond donors (Lipinski definition) is 0. The van der Waals surface area contributed by atoms with E-state index in [9.17, 15) is 4.79 Å². The molecule has 0 unspecified atom stereocenters. The van der Waals surface area contributed by atoms with Crippen LogP contribution in [0.1, 0.15) is 0 Å². The van der Waals surface area contributed by atoms with Crippen molar-refractivity contribution in [3.63, 3.8) is 0 Å². The van der Waals surface area contributed by atoms with Gasteiger partial charge < -0.3 is 28.5 Å². The van der Waals surface area contributed by atoms with Gasteiger partial charge in [0.2, 0.25) is 6.08 Å². The fourth-order valence-electron chi connectivity index (χ4n) is 0.396. The predicted molar refractivity (Wildman–Crippen MR) is 35.9 cm³/mol. The monoisotopic (exact) mass is 256 g/mol. The van der Waals surface area contributed by atoms with Gasteiger partial charge in [-0.25, -0.2) is 4.79 Å². The standard InChI is InChI=1S/C6H13N2O.HI/c1-8(2,3)5-4-7-6-9;/h4-5H2,1-3H3;1H/q+1;/p-1. The van der Waals surface area contributed by atoms with Gasteiger partial charge in [-0.15, -0.1) is 0 Å². The molecule has 0 saturated carbocycles. The molecule has 0 fully saturated rings. The second-order valence-electron chi connectivity index (χ2n) is 2.99. The van der Waals surface area contributed by atoms with Crippen LogP contribution in [-0.4, -0.2) is 44.8 Å². The van der Waals surface area contributed by atoms with Crippen molar-refractivity contribution in [1.29, 1.82) is 0 Å². The van der Waals surface area contributed by atoms with Crippen LogP contribution in [0, 0.1) is 0 Å². The molecule has 0 aliphatic rings. The van der Waals surface area contributed by atoms with Crippen molar-refractivity contribution in [2.24, 2.45) is 4.99 Å². The Morgan fingerprint density at radius 1 is 1.40 bits per heavy atom. The highest BCUT2D eigenvalue weighted by Crippen LogP contribution is 1.87. The molecule has 0 N–H and O–H groups in total. The summed E-state index contributed by atoms with van der Waals surface area (Å²) >= 11 is 0. The lowest BCUT2D eigenvalue weighted by Crippen LogP contribution is -3.00. The average Bonchev–Trinajstić information content (AvgIpc) is 1.63. The molecule has 0 saturated heterocycles. The van der Waals surface area contributed by atoms with Crippen molar-refractivity contribution in [2.75, 3.05) is 34.2 Å². The van der Waals surface area contributed by atoms with Crippen molar-refractivity contribution in [3.8, 4) is 0 Å². The Hall–Kier alpha value is 0.0700. The van der Waals surface area contributed by atoms with Gasteiger partial charge in [-0.3, -0.25) is 0 Å². The number of likely N-dealkylation sites (N-methyl/N-ethyl adjacent to an activating group) is 1. The van der Waals surface area contributed by atoms with Crippen LogP contribution in [0.4, 0.5) is 0 Å². The summed E-state index contributed by atoms with van der Waals surface area (Å²) in [7, 11) is 6.17. The van der Waals surface area contributed by atoms with Gasteiger partial charge >= 0.3 is 0 Å². The van der Waals surface area contributed by atoms with Crippen molar-refractivity contribution in [3.05, 3.63) is 0 Å². The SMILES string of the molecule is C[N+](C)(C)CCN=C=O.[I-]. The molecule has 3 nitrogen and oxygen atoms in total. The van der Waals surface area contributed by atoms with Gasteiger partial charge in [-0.2, -0.15) is 4.99 Å². The van der Waals surface area contributed by atoms with Crippen LogP contribution in [0.5, 0.6) is 0 Å². The molecule has 0 aromatic carbocycles. The van der Waals surface area contributed by atoms with Crippen LogP contribution in [0.3, 0.4) is 0 Å². The minimum absolute atomic E-state index is 0. The molecule has 0 heterocycles. The molecule has 0 aromatic rings. The summed E-state index contributed by atoms with van der Waals surface area (Å²) in [4.78, 5) is 13.0. The fraction of sp³-hybridized carbons (Fsp3) is 0.833. The number of rotatable bonds is 3. The van der Waals surface area contributed by atoms with Crippen LogP contribution in [-0.2, 0) is 4.79 Å². The molecule has 0 amide bonds. The molecule has 0 aliphatic heterocycles. The van der Waals surface area contributed by atoms with E-state index in [1.54, 1.807) is 0 Å². The van der Waals surface area contributed by atoms with E-state index in [1.807, 2.05) is 0 Å². The molecular weight excluding hydrogens is 243 g/mol. The lowest BCUT2D eigenvalue weighted by Gasteiger charge is -2.21. The summed E-state index contributed by atoms with van der Waals surface area (Å²) in [5, 5.41) is 0. The first-order valence-corrected chi connectivity index (χ1v) is 2.90. The number of isocyanates is 1. The largest absolute Gasteiger partial charge is 1.00 e. The maximum absolute atomic E-state index is 9.59. The van der Waals surface area contributed by atoms with E-state index in [1.165, 1.54) is 6.08 Å². The lowest BCUT2D eigenvalue weighted by molar-refractivity contribution is -0.868. The zero-order valence-corrected chi connectivity index (χ0v) is 8.75. The summed E-state index contributed by atoms with van der Waals surface area (Å²) in [6.07, 6.45) is 1.51. The zero-order valence-electron chi connectivity index (χ0n) is 6.59. The van der Waals surface area contributed by atoms with E-state index in [0.717, 1.165) is 11.0 Å². The number of aliphatic imine (C=N–C) groups is 1. The Bertz CT molecular complexity index is 124. The van der Waals surface area contributed by atoms with E-state index < -0.39 is 0 Å². The molecule has 0 radical (unpaired) electrons. The molecule has 0 spiro atoms. The first-order valence-electron chi connectivity index (χ1n) is 2.90. The molecule has 0 bridgehead atoms. The molecule has 10 heavy (non-hydrogen) atoms. The van der Waals surface area contributed by atoms with E-state index in [0.29, 0.717) is 6.54 Å². The summed E-state index contributed by atoms with van der Waals surface area (Å²) in [5.41, 5.74) is 0. The van der Waals surface area contributed by atoms with Crippen molar-refractivity contribution >= 4 is 6.08 Å². The third-order valence-corrected chi connectivity index (χ3v) is 0.947. The highest BCUT2D eigenvalue weighted by Gasteiger charge is 2.03. The Labute approximate surface area is 78.7 Å². The third-order valence-electron chi connectivity index (χ3n) is 0.947. The lowest BCUT2D eigenvalue weighted by atomic mass is 10.5. The molecule has 0 aromatic heterocycles. The predicted octanol–water partition coefficient (Wildman–Crippen LogP) is -2.97. The first-order chi connectivity index (χ1) is 4.06. The Morgan fingerprint density at radius 2 is 1.90 bits per heavy atom. The quantitative estimate of drug-likeness (QED) is 0.229. The summed E-state index contributed by atoms with van der Waals surface area (Å²) in [6, 6.07) is 0. The van der Waals surface area contributed by atoms with Crippen LogP contribution >= 0.6 is 0 Å². The number of hydrogen-bond acceptors (Lipinski definition) is 2. The molecule has 60 valence electrons. The molecular formula is C6H13IN2O. The van der Waals surface area contributed by atoms with Crippen LogP contribution in [0.25, 0.3) is 0 Å². The maximum atomic E-state index is 9.59. The van der Waals surface area contributed by atoms with Gasteiger partial charge in [0, 0.05) is 0 Å². The fourth-order valence-corrected chi connectivity index (χ4v) is 0.396. The number of quaternary nitrogens is 1. The summed E-state index contributed by atoms with van der Waals surface area (Å²) in [5.74, 6) is 0. The topological polar surface area (TPSA) is 29.4 Å². The van der Waals surface area contributed by atoms with Gasteiger partial charge in [0.25, 0.3) is 0 Å². The summed E-state index contributed by atoms with van der Waals surface area (Å²) in [6.45, 7) is 1.46. The van der Waals surface area contributed by atoms with Gasteiger partial charge in [-0.1, -0.05) is 0 Å².